The van der Waals surface area contributed by atoms with Crippen molar-refractivity contribution >= 4 is 33.8 Å². The second-order valence-electron chi connectivity index (χ2n) is 8.67. The fourth-order valence-corrected chi connectivity index (χ4v) is 4.91. The van der Waals surface area contributed by atoms with Crippen molar-refractivity contribution in [2.45, 2.75) is 26.3 Å². The standard InChI is InChI=1S/C25H32N6O/c1-3-30-17-29-22-12-20-21(13-24(22)30)27-16-28-25(20)26-14-19-6-4-5-7-23(19)31-10-8-18(9-11-31)15-32-2/h4-7,12-13,16,18,29H,3,8-11,14-15,17H2,1-2H3,(H,26,27,28). The number of methoxy groups -OCH3 is 1. The molecule has 1 fully saturated rings. The van der Waals surface area contributed by atoms with E-state index in [1.165, 1.54) is 29.8 Å². The smallest absolute Gasteiger partial charge is 0.137 e. The molecule has 32 heavy (non-hydrogen) atoms. The van der Waals surface area contributed by atoms with Crippen LogP contribution >= 0.6 is 0 Å². The van der Waals surface area contributed by atoms with Gasteiger partial charge in [0, 0.05) is 51.0 Å². The fraction of sp³-hybridized carbons (Fsp3) is 0.440. The largest absolute Gasteiger partial charge is 0.384 e. The maximum absolute atomic E-state index is 5.36. The number of hydrogen-bond donors (Lipinski definition) is 2. The molecule has 0 unspecified atom stereocenters. The van der Waals surface area contributed by atoms with Gasteiger partial charge >= 0.3 is 0 Å². The van der Waals surface area contributed by atoms with Gasteiger partial charge in [0.15, 0.2) is 0 Å². The molecular weight excluding hydrogens is 400 g/mol. The molecule has 0 radical (unpaired) electrons. The molecule has 3 aromatic rings. The first-order chi connectivity index (χ1) is 15.8. The van der Waals surface area contributed by atoms with Crippen molar-refractivity contribution < 1.29 is 4.74 Å². The van der Waals surface area contributed by atoms with Gasteiger partial charge in [-0.2, -0.15) is 0 Å². The number of nitrogens with zero attached hydrogens (tertiary/aromatic N) is 4. The molecule has 7 nitrogen and oxygen atoms in total. The van der Waals surface area contributed by atoms with Gasteiger partial charge in [-0.1, -0.05) is 18.2 Å². The van der Waals surface area contributed by atoms with Gasteiger partial charge in [0.05, 0.1) is 23.6 Å². The van der Waals surface area contributed by atoms with Crippen LogP contribution in [0.2, 0.25) is 0 Å². The van der Waals surface area contributed by atoms with Crippen LogP contribution in [0, 0.1) is 5.92 Å². The summed E-state index contributed by atoms with van der Waals surface area (Å²) in [7, 11) is 1.80. The van der Waals surface area contributed by atoms with Gasteiger partial charge in [0.1, 0.15) is 12.1 Å². The van der Waals surface area contributed by atoms with E-state index in [1.807, 2.05) is 0 Å². The summed E-state index contributed by atoms with van der Waals surface area (Å²) in [5.41, 5.74) is 5.94. The normalized spacial score (nSPS) is 16.3. The van der Waals surface area contributed by atoms with E-state index in [0.717, 1.165) is 61.9 Å². The Kier molecular flexibility index (Phi) is 5.99. The van der Waals surface area contributed by atoms with Crippen LogP contribution in [0.3, 0.4) is 0 Å². The Morgan fingerprint density at radius 2 is 1.97 bits per heavy atom. The lowest BCUT2D eigenvalue weighted by Gasteiger charge is -2.34. The monoisotopic (exact) mass is 432 g/mol. The minimum Gasteiger partial charge on any atom is -0.384 e. The van der Waals surface area contributed by atoms with Crippen LogP contribution in [0.4, 0.5) is 22.9 Å². The van der Waals surface area contributed by atoms with Crippen LogP contribution in [-0.2, 0) is 11.3 Å². The van der Waals surface area contributed by atoms with Crippen LogP contribution in [-0.4, -0.2) is 50.0 Å². The molecule has 3 heterocycles. The summed E-state index contributed by atoms with van der Waals surface area (Å²) < 4.78 is 5.36. The van der Waals surface area contributed by atoms with Crippen LogP contribution < -0.4 is 20.4 Å². The van der Waals surface area contributed by atoms with Crippen LogP contribution in [0.25, 0.3) is 10.9 Å². The first-order valence-electron chi connectivity index (χ1n) is 11.6. The molecule has 7 heteroatoms. The van der Waals surface area contributed by atoms with Crippen LogP contribution in [0.1, 0.15) is 25.3 Å². The predicted octanol–water partition coefficient (Wildman–Crippen LogP) is 4.31. The third-order valence-electron chi connectivity index (χ3n) is 6.73. The lowest BCUT2D eigenvalue weighted by Crippen LogP contribution is -2.35. The Labute approximate surface area is 189 Å². The Bertz CT molecular complexity index is 1080. The molecule has 0 amide bonds. The number of hydrogen-bond acceptors (Lipinski definition) is 7. The highest BCUT2D eigenvalue weighted by Crippen LogP contribution is 2.36. The molecule has 2 aromatic carbocycles. The highest BCUT2D eigenvalue weighted by atomic mass is 16.5. The van der Waals surface area contributed by atoms with Gasteiger partial charge in [-0.05, 0) is 49.4 Å². The molecule has 0 atom stereocenters. The zero-order valence-corrected chi connectivity index (χ0v) is 19.0. The number of aromatic nitrogens is 2. The van der Waals surface area contributed by atoms with Crippen molar-refractivity contribution in [1.29, 1.82) is 0 Å². The zero-order valence-electron chi connectivity index (χ0n) is 19.0. The van der Waals surface area contributed by atoms with Crippen molar-refractivity contribution in [2.24, 2.45) is 5.92 Å². The lowest BCUT2D eigenvalue weighted by molar-refractivity contribution is 0.139. The van der Waals surface area contributed by atoms with E-state index in [0.29, 0.717) is 5.92 Å². The summed E-state index contributed by atoms with van der Waals surface area (Å²) in [5.74, 6) is 1.55. The number of para-hydroxylation sites is 1. The van der Waals surface area contributed by atoms with Gasteiger partial charge in [-0.15, -0.1) is 0 Å². The van der Waals surface area contributed by atoms with E-state index in [4.69, 9.17) is 4.74 Å². The topological polar surface area (TPSA) is 65.5 Å². The highest BCUT2D eigenvalue weighted by Gasteiger charge is 2.22. The summed E-state index contributed by atoms with van der Waals surface area (Å²) in [4.78, 5) is 13.9. The Morgan fingerprint density at radius 3 is 2.78 bits per heavy atom. The summed E-state index contributed by atoms with van der Waals surface area (Å²) in [6.07, 6.45) is 4.01. The van der Waals surface area contributed by atoms with E-state index in [1.54, 1.807) is 13.4 Å². The summed E-state index contributed by atoms with van der Waals surface area (Å²) in [6.45, 7) is 7.73. The second kappa shape index (κ2) is 9.20. The number of benzene rings is 2. The zero-order chi connectivity index (χ0) is 21.9. The Balaban J connectivity index is 1.35. The SMILES string of the molecule is CCN1CNc2cc3c(NCc4ccccc4N4CCC(COC)CC4)ncnc3cc21. The minimum atomic E-state index is 0.674. The van der Waals surface area contributed by atoms with Crippen molar-refractivity contribution in [3.63, 3.8) is 0 Å². The van der Waals surface area contributed by atoms with Crippen molar-refractivity contribution in [3.05, 3.63) is 48.3 Å². The van der Waals surface area contributed by atoms with Crippen LogP contribution in [0.15, 0.2) is 42.7 Å². The van der Waals surface area contributed by atoms with Gasteiger partial charge in [0.25, 0.3) is 0 Å². The number of nitrogens with one attached hydrogen (secondary N) is 2. The van der Waals surface area contributed by atoms with Gasteiger partial charge in [-0.25, -0.2) is 9.97 Å². The Hall–Kier alpha value is -3.06. The maximum Gasteiger partial charge on any atom is 0.137 e. The van der Waals surface area contributed by atoms with E-state index >= 15 is 0 Å². The second-order valence-corrected chi connectivity index (χ2v) is 8.67. The molecular formula is C25H32N6O. The number of anilines is 4. The fourth-order valence-electron chi connectivity index (χ4n) is 4.91. The maximum atomic E-state index is 5.36. The van der Waals surface area contributed by atoms with Crippen LogP contribution in [0.5, 0.6) is 0 Å². The third kappa shape index (κ3) is 4.05. The Morgan fingerprint density at radius 1 is 1.12 bits per heavy atom. The predicted molar refractivity (Wildman–Crippen MR) is 132 cm³/mol. The highest BCUT2D eigenvalue weighted by molar-refractivity contribution is 5.97. The number of ether oxygens (including phenoxy) is 1. The summed E-state index contributed by atoms with van der Waals surface area (Å²) >= 11 is 0. The van der Waals surface area contributed by atoms with E-state index in [-0.39, 0.29) is 0 Å². The quantitative estimate of drug-likeness (QED) is 0.577. The van der Waals surface area contributed by atoms with Gasteiger partial charge in [0.2, 0.25) is 0 Å². The molecule has 2 aliphatic heterocycles. The van der Waals surface area contributed by atoms with Crippen molar-refractivity contribution in [1.82, 2.24) is 9.97 Å². The van der Waals surface area contributed by atoms with E-state index in [2.05, 4.69) is 73.7 Å². The molecule has 0 bridgehead atoms. The molecule has 0 spiro atoms. The first kappa shape index (κ1) is 20.8. The molecule has 1 saturated heterocycles. The first-order valence-corrected chi connectivity index (χ1v) is 11.6. The molecule has 0 saturated carbocycles. The number of rotatable bonds is 7. The lowest BCUT2D eigenvalue weighted by atomic mass is 9.96. The number of piperidine rings is 1. The third-order valence-corrected chi connectivity index (χ3v) is 6.73. The van der Waals surface area contributed by atoms with Crippen molar-refractivity contribution in [2.75, 3.05) is 60.5 Å². The van der Waals surface area contributed by atoms with Crippen molar-refractivity contribution in [3.8, 4) is 0 Å². The molecule has 0 aliphatic carbocycles. The summed E-state index contributed by atoms with van der Waals surface area (Å²) in [5, 5.41) is 8.13. The molecule has 2 N–H and O–H groups in total. The van der Waals surface area contributed by atoms with Gasteiger partial charge in [-0.3, -0.25) is 0 Å². The summed E-state index contributed by atoms with van der Waals surface area (Å²) in [6, 6.07) is 13.0. The van der Waals surface area contributed by atoms with E-state index < -0.39 is 0 Å². The average Bonchev–Trinajstić information content (AvgIpc) is 3.24. The average molecular weight is 433 g/mol. The molecule has 168 valence electrons. The molecule has 1 aromatic heterocycles. The molecule has 2 aliphatic rings. The number of fused-ring (bicyclic) bond motifs is 2. The minimum absolute atomic E-state index is 0.674. The van der Waals surface area contributed by atoms with E-state index in [9.17, 15) is 0 Å². The van der Waals surface area contributed by atoms with Gasteiger partial charge < -0.3 is 25.2 Å². The molecule has 5 rings (SSSR count).